The summed E-state index contributed by atoms with van der Waals surface area (Å²) < 4.78 is 7.05. The Bertz CT molecular complexity index is 825. The fourth-order valence-electron chi connectivity index (χ4n) is 2.87. The second-order valence-corrected chi connectivity index (χ2v) is 6.68. The van der Waals surface area contributed by atoms with E-state index in [2.05, 4.69) is 5.16 Å². The maximum Gasteiger partial charge on any atom is 0.164 e. The van der Waals surface area contributed by atoms with Gasteiger partial charge in [0.25, 0.3) is 0 Å². The fourth-order valence-corrected chi connectivity index (χ4v) is 3.53. The molecular formula is C15H15Cl3N2O5. The van der Waals surface area contributed by atoms with Crippen LogP contribution >= 0.6 is 34.8 Å². The van der Waals surface area contributed by atoms with Gasteiger partial charge in [-0.05, 0) is 12.1 Å². The Balaban J connectivity index is 2.23. The molecule has 0 unspecified atom stereocenters. The number of aliphatic hydroxyl groups excluding tert-OH is 3. The molecule has 1 aromatic carbocycles. The van der Waals surface area contributed by atoms with Crippen LogP contribution in [0.15, 0.2) is 17.3 Å². The monoisotopic (exact) mass is 408 g/mol. The molecule has 3 N–H and O–H groups in total. The molecule has 1 aromatic heterocycles. The molecule has 1 aliphatic heterocycles. The van der Waals surface area contributed by atoms with Crippen molar-refractivity contribution < 1.29 is 24.9 Å². The molecule has 3 rings (SSSR count). The molecule has 1 fully saturated rings. The average Bonchev–Trinajstić information content (AvgIpc) is 3.01. The number of hydrogen-bond acceptors (Lipinski definition) is 6. The van der Waals surface area contributed by atoms with Gasteiger partial charge in [-0.1, -0.05) is 40.0 Å². The van der Waals surface area contributed by atoms with E-state index >= 15 is 0 Å². The molecule has 4 atom stereocenters. The third-order valence-electron chi connectivity index (χ3n) is 4.08. The zero-order chi connectivity index (χ0) is 18.3. The second kappa shape index (κ2) is 7.28. The summed E-state index contributed by atoms with van der Waals surface area (Å²) in [6.07, 6.45) is -3.13. The number of benzene rings is 1. The third-order valence-corrected chi connectivity index (χ3v) is 5.19. The van der Waals surface area contributed by atoms with Crippen LogP contribution in [0.5, 0.6) is 0 Å². The molecule has 0 spiro atoms. The molecule has 0 amide bonds. The first kappa shape index (κ1) is 18.7. The van der Waals surface area contributed by atoms with Gasteiger partial charge in [0.05, 0.1) is 28.4 Å². The highest BCUT2D eigenvalue weighted by Gasteiger charge is 2.44. The normalized spacial score (nSPS) is 26.8. The zero-order valence-corrected chi connectivity index (χ0v) is 15.2. The lowest BCUT2D eigenvalue weighted by Crippen LogP contribution is -2.33. The summed E-state index contributed by atoms with van der Waals surface area (Å²) in [6, 6.07) is 3.18. The van der Waals surface area contributed by atoms with Gasteiger partial charge in [-0.15, -0.1) is 0 Å². The van der Waals surface area contributed by atoms with Gasteiger partial charge in [-0.3, -0.25) is 0 Å². The Morgan fingerprint density at radius 2 is 1.92 bits per heavy atom. The topological polar surface area (TPSA) is 96.4 Å². The average molecular weight is 410 g/mol. The molecular weight excluding hydrogens is 395 g/mol. The Kier molecular flexibility index (Phi) is 5.45. The molecule has 0 radical (unpaired) electrons. The van der Waals surface area contributed by atoms with Crippen LogP contribution in [0.25, 0.3) is 10.9 Å². The number of nitrogens with zero attached hydrogens (tertiary/aromatic N) is 2. The number of aromatic nitrogens is 1. The lowest BCUT2D eigenvalue weighted by Gasteiger charge is -2.19. The summed E-state index contributed by atoms with van der Waals surface area (Å²) in [4.78, 5) is 4.70. The Morgan fingerprint density at radius 3 is 2.52 bits per heavy atom. The van der Waals surface area contributed by atoms with Gasteiger partial charge in [0, 0.05) is 10.9 Å². The van der Waals surface area contributed by atoms with Crippen molar-refractivity contribution in [3.8, 4) is 0 Å². The second-order valence-electron chi connectivity index (χ2n) is 5.50. The van der Waals surface area contributed by atoms with Crippen molar-refractivity contribution in [3.63, 3.8) is 0 Å². The molecule has 0 saturated carbocycles. The highest BCUT2D eigenvalue weighted by Crippen LogP contribution is 2.40. The number of oxime groups is 1. The molecule has 25 heavy (non-hydrogen) atoms. The van der Waals surface area contributed by atoms with Crippen LogP contribution in [-0.4, -0.2) is 58.1 Å². The summed E-state index contributed by atoms with van der Waals surface area (Å²) in [6.45, 7) is -0.448. The predicted octanol–water partition coefficient (Wildman–Crippen LogP) is 2.19. The number of fused-ring (bicyclic) bond motifs is 1. The minimum Gasteiger partial charge on any atom is -0.399 e. The van der Waals surface area contributed by atoms with Gasteiger partial charge in [-0.2, -0.15) is 0 Å². The van der Waals surface area contributed by atoms with E-state index in [9.17, 15) is 15.3 Å². The first-order valence-corrected chi connectivity index (χ1v) is 8.41. The van der Waals surface area contributed by atoms with E-state index in [1.807, 2.05) is 0 Å². The van der Waals surface area contributed by atoms with Crippen molar-refractivity contribution in [1.82, 2.24) is 4.57 Å². The minimum absolute atomic E-state index is 0.184. The van der Waals surface area contributed by atoms with E-state index in [-0.39, 0.29) is 10.2 Å². The standard InChI is InChI=1S/C15H15Cl3N2O5/c1-24-19-4-7-6-2-8(16)9(17)3-10(6)20(14(7)18)15-13(23)12(22)11(5-21)25-15/h2-4,11-13,15,21-23H,5H2,1H3/b19-4+/t11-,12-,13-,15-/m1/s1. The number of rotatable bonds is 4. The summed E-state index contributed by atoms with van der Waals surface area (Å²) in [7, 11) is 1.39. The van der Waals surface area contributed by atoms with Crippen molar-refractivity contribution in [1.29, 1.82) is 0 Å². The molecule has 0 aliphatic carbocycles. The number of halogens is 3. The van der Waals surface area contributed by atoms with E-state index in [1.54, 1.807) is 12.1 Å². The van der Waals surface area contributed by atoms with Gasteiger partial charge >= 0.3 is 0 Å². The Labute approximate surface area is 157 Å². The molecule has 7 nitrogen and oxygen atoms in total. The van der Waals surface area contributed by atoms with Crippen LogP contribution in [-0.2, 0) is 9.57 Å². The third kappa shape index (κ3) is 3.10. The highest BCUT2D eigenvalue weighted by atomic mass is 35.5. The first-order valence-electron chi connectivity index (χ1n) is 7.28. The first-order chi connectivity index (χ1) is 11.9. The van der Waals surface area contributed by atoms with E-state index in [0.29, 0.717) is 21.5 Å². The van der Waals surface area contributed by atoms with Gasteiger partial charge in [0.15, 0.2) is 6.23 Å². The van der Waals surface area contributed by atoms with Crippen molar-refractivity contribution in [2.45, 2.75) is 24.5 Å². The van der Waals surface area contributed by atoms with E-state index in [0.717, 1.165) is 0 Å². The number of hydrogen-bond donors (Lipinski definition) is 3. The van der Waals surface area contributed by atoms with Gasteiger partial charge < -0.3 is 29.5 Å². The summed E-state index contributed by atoms with van der Waals surface area (Å²) in [5, 5.41) is 34.7. The van der Waals surface area contributed by atoms with Gasteiger partial charge in [0.1, 0.15) is 30.6 Å². The maximum atomic E-state index is 10.3. The van der Waals surface area contributed by atoms with Crippen molar-refractivity contribution in [2.24, 2.45) is 5.16 Å². The molecule has 2 heterocycles. The lowest BCUT2D eigenvalue weighted by molar-refractivity contribution is -0.0505. The van der Waals surface area contributed by atoms with Crippen LogP contribution in [0.4, 0.5) is 0 Å². The van der Waals surface area contributed by atoms with Crippen LogP contribution in [0, 0.1) is 0 Å². The minimum atomic E-state index is -1.30. The predicted molar refractivity (Wildman–Crippen MR) is 94.6 cm³/mol. The lowest BCUT2D eigenvalue weighted by atomic mass is 10.1. The molecule has 1 aliphatic rings. The Hall–Kier alpha value is -1.06. The summed E-state index contributed by atoms with van der Waals surface area (Å²) in [5.74, 6) is 0. The van der Waals surface area contributed by atoms with Crippen LogP contribution in [0.2, 0.25) is 15.2 Å². The molecule has 10 heteroatoms. The van der Waals surface area contributed by atoms with Gasteiger partial charge in [-0.25, -0.2) is 0 Å². The van der Waals surface area contributed by atoms with Crippen LogP contribution in [0.1, 0.15) is 11.8 Å². The van der Waals surface area contributed by atoms with Gasteiger partial charge in [0.2, 0.25) is 0 Å². The maximum absolute atomic E-state index is 10.3. The fraction of sp³-hybridized carbons (Fsp3) is 0.400. The Morgan fingerprint density at radius 1 is 1.24 bits per heavy atom. The van der Waals surface area contributed by atoms with Crippen molar-refractivity contribution >= 4 is 51.9 Å². The molecule has 2 aromatic rings. The number of ether oxygens (including phenoxy) is 1. The van der Waals surface area contributed by atoms with Crippen molar-refractivity contribution in [3.05, 3.63) is 32.9 Å². The zero-order valence-electron chi connectivity index (χ0n) is 12.9. The number of aliphatic hydroxyl groups is 3. The molecule has 136 valence electrons. The highest BCUT2D eigenvalue weighted by molar-refractivity contribution is 6.43. The molecule has 1 saturated heterocycles. The van der Waals surface area contributed by atoms with Crippen molar-refractivity contribution in [2.75, 3.05) is 13.7 Å². The SMILES string of the molecule is CO/N=C/c1c(Cl)n([C@@H]2O[C@H](CO)[C@@H](O)[C@H]2O)c2cc(Cl)c(Cl)cc12. The van der Waals surface area contributed by atoms with E-state index in [4.69, 9.17) is 44.4 Å². The van der Waals surface area contributed by atoms with E-state index in [1.165, 1.54) is 17.9 Å². The summed E-state index contributed by atoms with van der Waals surface area (Å²) in [5.41, 5.74) is 1.00. The van der Waals surface area contributed by atoms with Crippen LogP contribution < -0.4 is 0 Å². The quantitative estimate of drug-likeness (QED) is 0.531. The van der Waals surface area contributed by atoms with E-state index < -0.39 is 31.1 Å². The molecule has 0 bridgehead atoms. The van der Waals surface area contributed by atoms with Crippen LogP contribution in [0.3, 0.4) is 0 Å². The largest absolute Gasteiger partial charge is 0.399 e. The smallest absolute Gasteiger partial charge is 0.164 e. The summed E-state index contributed by atoms with van der Waals surface area (Å²) >= 11 is 18.7.